The summed E-state index contributed by atoms with van der Waals surface area (Å²) in [6.45, 7) is 14.3. The van der Waals surface area contributed by atoms with E-state index in [9.17, 15) is 0 Å². The van der Waals surface area contributed by atoms with Gasteiger partial charge in [0.1, 0.15) is 0 Å². The summed E-state index contributed by atoms with van der Waals surface area (Å²) in [5, 5.41) is 3.31. The van der Waals surface area contributed by atoms with Crippen molar-refractivity contribution >= 4 is 0 Å². The van der Waals surface area contributed by atoms with Crippen molar-refractivity contribution in [3.05, 3.63) is 12.2 Å². The van der Waals surface area contributed by atoms with Gasteiger partial charge in [-0.05, 0) is 18.5 Å². The van der Waals surface area contributed by atoms with Crippen LogP contribution in [0.2, 0.25) is 0 Å². The maximum absolute atomic E-state index is 5.63. The summed E-state index contributed by atoms with van der Waals surface area (Å²) in [5.41, 5.74) is 1.27. The first-order valence-corrected chi connectivity index (χ1v) is 5.97. The fourth-order valence-electron chi connectivity index (χ4n) is 1.84. The number of rotatable bonds is 6. The van der Waals surface area contributed by atoms with Crippen LogP contribution in [0.3, 0.4) is 0 Å². The molecule has 0 aromatic rings. The van der Waals surface area contributed by atoms with Crippen LogP contribution in [0.1, 0.15) is 20.3 Å². The zero-order valence-electron chi connectivity index (χ0n) is 10.1. The number of hydrogen-bond donors (Lipinski definition) is 1. The topological polar surface area (TPSA) is 24.5 Å². The molecule has 88 valence electrons. The summed E-state index contributed by atoms with van der Waals surface area (Å²) >= 11 is 0. The number of hydrogen-bond acceptors (Lipinski definition) is 3. The van der Waals surface area contributed by atoms with Gasteiger partial charge in [-0.2, -0.15) is 0 Å². The van der Waals surface area contributed by atoms with E-state index >= 15 is 0 Å². The van der Waals surface area contributed by atoms with Crippen molar-refractivity contribution in [2.45, 2.75) is 26.4 Å². The Morgan fingerprint density at radius 2 is 2.33 bits per heavy atom. The van der Waals surface area contributed by atoms with Gasteiger partial charge in [-0.1, -0.05) is 20.4 Å². The summed E-state index contributed by atoms with van der Waals surface area (Å²) in [7, 11) is 0. The maximum Gasteiger partial charge on any atom is 0.0700 e. The number of likely N-dealkylation sites (N-methyl/N-ethyl adjacent to an activating group) is 1. The molecule has 0 saturated carbocycles. The molecule has 0 bridgehead atoms. The Labute approximate surface area is 93.5 Å². The second-order valence-corrected chi connectivity index (χ2v) is 4.17. The minimum atomic E-state index is 0.422. The number of morpholine rings is 1. The smallest absolute Gasteiger partial charge is 0.0700 e. The first-order valence-electron chi connectivity index (χ1n) is 5.97. The molecule has 1 rings (SSSR count). The fourth-order valence-corrected chi connectivity index (χ4v) is 1.84. The van der Waals surface area contributed by atoms with E-state index in [2.05, 4.69) is 30.6 Å². The van der Waals surface area contributed by atoms with Crippen LogP contribution in [0, 0.1) is 0 Å². The van der Waals surface area contributed by atoms with Crippen LogP contribution in [-0.4, -0.2) is 50.3 Å². The Bertz CT molecular complexity index is 194. The second-order valence-electron chi connectivity index (χ2n) is 4.17. The minimum Gasteiger partial charge on any atom is -0.376 e. The first kappa shape index (κ1) is 12.7. The minimum absolute atomic E-state index is 0.422. The van der Waals surface area contributed by atoms with Crippen LogP contribution < -0.4 is 5.32 Å². The van der Waals surface area contributed by atoms with Gasteiger partial charge in [0.05, 0.1) is 12.7 Å². The molecule has 1 aliphatic heterocycles. The molecule has 3 heteroatoms. The highest BCUT2D eigenvalue weighted by atomic mass is 16.5. The third-order valence-electron chi connectivity index (χ3n) is 2.75. The van der Waals surface area contributed by atoms with Crippen molar-refractivity contribution in [3.8, 4) is 0 Å². The van der Waals surface area contributed by atoms with E-state index in [1.165, 1.54) is 5.57 Å². The molecule has 1 aliphatic rings. The van der Waals surface area contributed by atoms with Gasteiger partial charge in [0.15, 0.2) is 0 Å². The molecular formula is C12H24N2O. The van der Waals surface area contributed by atoms with Crippen molar-refractivity contribution < 1.29 is 4.74 Å². The predicted molar refractivity (Wildman–Crippen MR) is 64.2 cm³/mol. The van der Waals surface area contributed by atoms with Gasteiger partial charge in [0.25, 0.3) is 0 Å². The van der Waals surface area contributed by atoms with E-state index in [1.807, 2.05) is 0 Å². The lowest BCUT2D eigenvalue weighted by molar-refractivity contribution is -0.0265. The Morgan fingerprint density at radius 1 is 1.53 bits per heavy atom. The SMILES string of the molecule is C=C(CNCC)CN1CCOC(CC)C1. The van der Waals surface area contributed by atoms with E-state index in [1.54, 1.807) is 0 Å². The van der Waals surface area contributed by atoms with E-state index in [0.29, 0.717) is 6.10 Å². The highest BCUT2D eigenvalue weighted by Crippen LogP contribution is 2.09. The van der Waals surface area contributed by atoms with Gasteiger partial charge >= 0.3 is 0 Å². The van der Waals surface area contributed by atoms with Crippen molar-refractivity contribution in [1.82, 2.24) is 10.2 Å². The van der Waals surface area contributed by atoms with Crippen molar-refractivity contribution in [2.75, 3.05) is 39.3 Å². The van der Waals surface area contributed by atoms with Crippen LogP contribution in [0.15, 0.2) is 12.2 Å². The number of ether oxygens (including phenoxy) is 1. The van der Waals surface area contributed by atoms with Crippen LogP contribution in [0.25, 0.3) is 0 Å². The van der Waals surface area contributed by atoms with E-state index in [-0.39, 0.29) is 0 Å². The van der Waals surface area contributed by atoms with Gasteiger partial charge in [-0.3, -0.25) is 4.90 Å². The molecule has 1 N–H and O–H groups in total. The molecule has 1 fully saturated rings. The molecule has 1 heterocycles. The average molecular weight is 212 g/mol. The quantitative estimate of drug-likeness (QED) is 0.671. The summed E-state index contributed by atoms with van der Waals surface area (Å²) in [6.07, 6.45) is 1.53. The maximum atomic E-state index is 5.63. The number of nitrogens with one attached hydrogen (secondary N) is 1. The molecule has 0 aliphatic carbocycles. The molecule has 1 unspecified atom stereocenters. The molecule has 0 aromatic heterocycles. The Morgan fingerprint density at radius 3 is 3.00 bits per heavy atom. The van der Waals surface area contributed by atoms with Gasteiger partial charge in [-0.15, -0.1) is 0 Å². The van der Waals surface area contributed by atoms with Gasteiger partial charge in [0, 0.05) is 26.2 Å². The molecule has 3 nitrogen and oxygen atoms in total. The lowest BCUT2D eigenvalue weighted by Gasteiger charge is -2.32. The molecule has 1 saturated heterocycles. The molecule has 1 atom stereocenters. The summed E-state index contributed by atoms with van der Waals surface area (Å²) in [5.74, 6) is 0. The van der Waals surface area contributed by atoms with Crippen LogP contribution >= 0.6 is 0 Å². The largest absolute Gasteiger partial charge is 0.376 e. The molecule has 0 aromatic carbocycles. The molecule has 15 heavy (non-hydrogen) atoms. The third-order valence-corrected chi connectivity index (χ3v) is 2.75. The second kappa shape index (κ2) is 6.99. The van der Waals surface area contributed by atoms with Gasteiger partial charge in [0.2, 0.25) is 0 Å². The standard InChI is InChI=1S/C12H24N2O/c1-4-12-10-14(6-7-15-12)9-11(3)8-13-5-2/h12-13H,3-10H2,1-2H3. The fraction of sp³-hybridized carbons (Fsp3) is 0.833. The van der Waals surface area contributed by atoms with Crippen LogP contribution in [-0.2, 0) is 4.74 Å². The zero-order valence-corrected chi connectivity index (χ0v) is 10.1. The Hall–Kier alpha value is -0.380. The van der Waals surface area contributed by atoms with Crippen LogP contribution in [0.5, 0.6) is 0 Å². The van der Waals surface area contributed by atoms with Crippen LogP contribution in [0.4, 0.5) is 0 Å². The normalized spacial score (nSPS) is 22.9. The lowest BCUT2D eigenvalue weighted by Crippen LogP contribution is -2.43. The van der Waals surface area contributed by atoms with Crippen molar-refractivity contribution in [3.63, 3.8) is 0 Å². The van der Waals surface area contributed by atoms with E-state index < -0.39 is 0 Å². The highest BCUT2D eigenvalue weighted by Gasteiger charge is 2.18. The molecular weight excluding hydrogens is 188 g/mol. The van der Waals surface area contributed by atoms with Crippen molar-refractivity contribution in [2.24, 2.45) is 0 Å². The monoisotopic (exact) mass is 212 g/mol. The summed E-state index contributed by atoms with van der Waals surface area (Å²) in [4.78, 5) is 2.44. The Kier molecular flexibility index (Phi) is 5.91. The summed E-state index contributed by atoms with van der Waals surface area (Å²) < 4.78 is 5.63. The predicted octanol–water partition coefficient (Wildman–Crippen LogP) is 1.26. The molecule has 0 radical (unpaired) electrons. The third kappa shape index (κ3) is 4.78. The molecule has 0 spiro atoms. The number of nitrogens with zero attached hydrogens (tertiary/aromatic N) is 1. The Balaban J connectivity index is 2.22. The highest BCUT2D eigenvalue weighted by molar-refractivity contribution is 5.00. The average Bonchev–Trinajstić information content (AvgIpc) is 2.26. The van der Waals surface area contributed by atoms with Gasteiger partial charge in [-0.25, -0.2) is 0 Å². The zero-order chi connectivity index (χ0) is 11.1. The van der Waals surface area contributed by atoms with E-state index in [4.69, 9.17) is 4.74 Å². The van der Waals surface area contributed by atoms with Crippen molar-refractivity contribution in [1.29, 1.82) is 0 Å². The molecule has 0 amide bonds. The first-order chi connectivity index (χ1) is 7.26. The lowest BCUT2D eigenvalue weighted by atomic mass is 10.2. The van der Waals surface area contributed by atoms with E-state index in [0.717, 1.165) is 45.8 Å². The van der Waals surface area contributed by atoms with Gasteiger partial charge < -0.3 is 10.1 Å². The summed E-state index contributed by atoms with van der Waals surface area (Å²) in [6, 6.07) is 0.